The van der Waals surface area contributed by atoms with Crippen LogP contribution < -0.4 is 9.64 Å². The van der Waals surface area contributed by atoms with Crippen LogP contribution in [0.25, 0.3) is 0 Å². The fourth-order valence-electron chi connectivity index (χ4n) is 4.19. The minimum absolute atomic E-state index is 0.0600. The molecule has 150 valence electrons. The minimum Gasteiger partial charge on any atom is -0.495 e. The van der Waals surface area contributed by atoms with Gasteiger partial charge in [0, 0.05) is 43.0 Å². The molecule has 3 heterocycles. The zero-order valence-corrected chi connectivity index (χ0v) is 17.4. The van der Waals surface area contributed by atoms with Crippen molar-refractivity contribution in [2.75, 3.05) is 38.2 Å². The molecule has 0 aliphatic carbocycles. The molecule has 7 nitrogen and oxygen atoms in total. The highest BCUT2D eigenvalue weighted by Gasteiger charge is 2.50. The van der Waals surface area contributed by atoms with E-state index in [1.165, 1.54) is 7.11 Å². The Kier molecular flexibility index (Phi) is 4.79. The van der Waals surface area contributed by atoms with Gasteiger partial charge in [-0.2, -0.15) is 4.31 Å². The molecule has 0 bridgehead atoms. The van der Waals surface area contributed by atoms with E-state index in [1.54, 1.807) is 28.6 Å². The highest BCUT2D eigenvalue weighted by Crippen LogP contribution is 2.44. The summed E-state index contributed by atoms with van der Waals surface area (Å²) >= 11 is 0. The molecule has 2 fully saturated rings. The van der Waals surface area contributed by atoms with Crippen LogP contribution >= 0.6 is 0 Å². The maximum Gasteiger partial charge on any atom is 0.246 e. The zero-order chi connectivity index (χ0) is 19.9. The summed E-state index contributed by atoms with van der Waals surface area (Å²) in [7, 11) is -2.03. The van der Waals surface area contributed by atoms with Gasteiger partial charge in [-0.05, 0) is 44.9 Å². The number of aromatic nitrogens is 2. The zero-order valence-electron chi connectivity index (χ0n) is 16.6. The van der Waals surface area contributed by atoms with Crippen LogP contribution in [-0.4, -0.2) is 56.0 Å². The molecule has 1 aromatic carbocycles. The second-order valence-corrected chi connectivity index (χ2v) is 9.77. The quantitative estimate of drug-likeness (QED) is 0.782. The van der Waals surface area contributed by atoms with Crippen molar-refractivity contribution in [1.29, 1.82) is 0 Å². The van der Waals surface area contributed by atoms with E-state index >= 15 is 0 Å². The number of aryl methyl sites for hydroxylation is 2. The monoisotopic (exact) mass is 402 g/mol. The Morgan fingerprint density at radius 2 is 1.64 bits per heavy atom. The number of piperidine rings is 1. The van der Waals surface area contributed by atoms with Gasteiger partial charge in [-0.25, -0.2) is 18.4 Å². The summed E-state index contributed by atoms with van der Waals surface area (Å²) in [5.41, 5.74) is 2.01. The number of anilines is 1. The molecule has 4 rings (SSSR count). The van der Waals surface area contributed by atoms with Gasteiger partial charge in [0.05, 0.1) is 7.11 Å². The number of para-hydroxylation sites is 1. The maximum absolute atomic E-state index is 13.0. The van der Waals surface area contributed by atoms with Crippen molar-refractivity contribution in [2.24, 2.45) is 5.41 Å². The second kappa shape index (κ2) is 7.00. The maximum atomic E-state index is 13.0. The average molecular weight is 403 g/mol. The molecule has 0 N–H and O–H groups in total. The molecule has 0 unspecified atom stereocenters. The van der Waals surface area contributed by atoms with Gasteiger partial charge in [0.15, 0.2) is 0 Å². The predicted octanol–water partition coefficient (Wildman–Crippen LogP) is 2.39. The highest BCUT2D eigenvalue weighted by atomic mass is 32.2. The number of benzene rings is 1. The van der Waals surface area contributed by atoms with E-state index in [1.807, 2.05) is 19.9 Å². The number of hydrogen-bond acceptors (Lipinski definition) is 6. The van der Waals surface area contributed by atoms with Crippen molar-refractivity contribution in [3.05, 3.63) is 41.7 Å². The Labute approximate surface area is 166 Å². The van der Waals surface area contributed by atoms with Crippen LogP contribution in [0.4, 0.5) is 5.95 Å². The molecule has 2 aromatic rings. The average Bonchev–Trinajstić information content (AvgIpc) is 2.65. The van der Waals surface area contributed by atoms with Gasteiger partial charge in [-0.1, -0.05) is 12.1 Å². The van der Waals surface area contributed by atoms with Crippen molar-refractivity contribution in [1.82, 2.24) is 14.3 Å². The smallest absolute Gasteiger partial charge is 0.246 e. The van der Waals surface area contributed by atoms with Gasteiger partial charge in [0.1, 0.15) is 10.6 Å². The number of methoxy groups -OCH3 is 1. The summed E-state index contributed by atoms with van der Waals surface area (Å²) < 4.78 is 32.8. The van der Waals surface area contributed by atoms with Crippen LogP contribution in [-0.2, 0) is 10.0 Å². The van der Waals surface area contributed by atoms with E-state index in [0.29, 0.717) is 18.8 Å². The van der Waals surface area contributed by atoms with Gasteiger partial charge < -0.3 is 9.64 Å². The van der Waals surface area contributed by atoms with Crippen molar-refractivity contribution in [3.63, 3.8) is 0 Å². The SMILES string of the molecule is COc1ccccc1S(=O)(=O)N1CC2(CCN(c3nc(C)cc(C)n3)CC2)C1. The number of hydrogen-bond donors (Lipinski definition) is 0. The Morgan fingerprint density at radius 1 is 1.04 bits per heavy atom. The molecule has 0 radical (unpaired) electrons. The van der Waals surface area contributed by atoms with E-state index in [9.17, 15) is 8.42 Å². The first kappa shape index (κ1) is 19.1. The van der Waals surface area contributed by atoms with E-state index in [0.717, 1.165) is 43.3 Å². The first-order chi connectivity index (χ1) is 13.3. The van der Waals surface area contributed by atoms with Gasteiger partial charge in [-0.15, -0.1) is 0 Å². The standard InChI is InChI=1S/C20H26N4O3S/c1-15-12-16(2)22-19(21-15)23-10-8-20(9-11-23)13-24(14-20)28(25,26)18-7-5-4-6-17(18)27-3/h4-7,12H,8-11,13-14H2,1-3H3. The van der Waals surface area contributed by atoms with Gasteiger partial charge in [0.2, 0.25) is 16.0 Å². The summed E-state index contributed by atoms with van der Waals surface area (Å²) in [5.74, 6) is 1.18. The van der Waals surface area contributed by atoms with Crippen molar-refractivity contribution in [2.45, 2.75) is 31.6 Å². The highest BCUT2D eigenvalue weighted by molar-refractivity contribution is 7.89. The van der Waals surface area contributed by atoms with E-state index in [2.05, 4.69) is 14.9 Å². The third-order valence-electron chi connectivity index (χ3n) is 5.79. The minimum atomic E-state index is -3.53. The van der Waals surface area contributed by atoms with Crippen LogP contribution in [0.3, 0.4) is 0 Å². The predicted molar refractivity (Wildman–Crippen MR) is 107 cm³/mol. The molecule has 28 heavy (non-hydrogen) atoms. The normalized spacial score (nSPS) is 19.5. The van der Waals surface area contributed by atoms with Crippen molar-refractivity contribution < 1.29 is 13.2 Å². The van der Waals surface area contributed by atoms with E-state index in [-0.39, 0.29) is 10.3 Å². The third kappa shape index (κ3) is 3.35. The van der Waals surface area contributed by atoms with Crippen LogP contribution in [0.15, 0.2) is 35.2 Å². The Morgan fingerprint density at radius 3 is 2.25 bits per heavy atom. The molecule has 8 heteroatoms. The Hall–Kier alpha value is -2.19. The van der Waals surface area contributed by atoms with Crippen LogP contribution in [0.1, 0.15) is 24.2 Å². The summed E-state index contributed by atoms with van der Waals surface area (Å²) in [6, 6.07) is 8.78. The number of ether oxygens (including phenoxy) is 1. The Balaban J connectivity index is 1.43. The molecule has 1 spiro atoms. The molecular formula is C20H26N4O3S. The number of nitrogens with zero attached hydrogens (tertiary/aromatic N) is 4. The summed E-state index contributed by atoms with van der Waals surface area (Å²) in [6.45, 7) is 6.80. The van der Waals surface area contributed by atoms with Crippen LogP contribution in [0, 0.1) is 19.3 Å². The molecule has 2 aliphatic heterocycles. The van der Waals surface area contributed by atoms with E-state index < -0.39 is 10.0 Å². The summed E-state index contributed by atoms with van der Waals surface area (Å²) in [4.78, 5) is 11.6. The largest absolute Gasteiger partial charge is 0.495 e. The second-order valence-electron chi connectivity index (χ2n) is 7.86. The third-order valence-corrected chi connectivity index (χ3v) is 7.62. The molecule has 2 saturated heterocycles. The molecule has 0 atom stereocenters. The lowest BCUT2D eigenvalue weighted by Gasteiger charge is -2.53. The molecule has 0 amide bonds. The first-order valence-corrected chi connectivity index (χ1v) is 11.0. The number of rotatable bonds is 4. The molecule has 1 aromatic heterocycles. The summed E-state index contributed by atoms with van der Waals surface area (Å²) in [5, 5.41) is 0. The lowest BCUT2D eigenvalue weighted by Crippen LogP contribution is -2.61. The summed E-state index contributed by atoms with van der Waals surface area (Å²) in [6.07, 6.45) is 1.89. The van der Waals surface area contributed by atoms with Crippen molar-refractivity contribution >= 4 is 16.0 Å². The topological polar surface area (TPSA) is 75.6 Å². The van der Waals surface area contributed by atoms with E-state index in [4.69, 9.17) is 4.74 Å². The molecule has 2 aliphatic rings. The van der Waals surface area contributed by atoms with Crippen LogP contribution in [0.5, 0.6) is 5.75 Å². The molecule has 0 saturated carbocycles. The lowest BCUT2D eigenvalue weighted by atomic mass is 9.73. The fourth-order valence-corrected chi connectivity index (χ4v) is 6.01. The van der Waals surface area contributed by atoms with Crippen LogP contribution in [0.2, 0.25) is 0 Å². The van der Waals surface area contributed by atoms with Gasteiger partial charge >= 0.3 is 0 Å². The fraction of sp³-hybridized carbons (Fsp3) is 0.500. The van der Waals surface area contributed by atoms with Crippen molar-refractivity contribution in [3.8, 4) is 5.75 Å². The number of sulfonamides is 1. The van der Waals surface area contributed by atoms with Gasteiger partial charge in [0.25, 0.3) is 0 Å². The van der Waals surface area contributed by atoms with Gasteiger partial charge in [-0.3, -0.25) is 0 Å². The lowest BCUT2D eigenvalue weighted by molar-refractivity contribution is 0.0433. The molecular weight excluding hydrogens is 376 g/mol. The Bertz CT molecular complexity index is 956. The first-order valence-electron chi connectivity index (χ1n) is 9.53.